The van der Waals surface area contributed by atoms with E-state index in [9.17, 15) is 9.59 Å². The highest BCUT2D eigenvalue weighted by Crippen LogP contribution is 2.36. The van der Waals surface area contributed by atoms with Crippen molar-refractivity contribution in [3.8, 4) is 0 Å². The van der Waals surface area contributed by atoms with E-state index in [0.29, 0.717) is 13.1 Å². The molecular formula is C19H20N2O3. The van der Waals surface area contributed by atoms with Gasteiger partial charge in [-0.15, -0.1) is 0 Å². The van der Waals surface area contributed by atoms with Gasteiger partial charge in [0.15, 0.2) is 0 Å². The van der Waals surface area contributed by atoms with Crippen LogP contribution in [0.5, 0.6) is 0 Å². The van der Waals surface area contributed by atoms with Crippen LogP contribution in [0.4, 0.5) is 5.69 Å². The summed E-state index contributed by atoms with van der Waals surface area (Å²) < 4.78 is 4.88. The number of carbonyl (C=O) groups excluding carboxylic acids is 2. The number of para-hydroxylation sites is 1. The molecule has 1 aliphatic rings. The second-order valence-corrected chi connectivity index (χ2v) is 5.78. The molecule has 0 aliphatic carbocycles. The molecule has 5 nitrogen and oxygen atoms in total. The molecule has 0 saturated heterocycles. The van der Waals surface area contributed by atoms with Gasteiger partial charge in [0.1, 0.15) is 5.92 Å². The number of hydrogen-bond donors (Lipinski definition) is 1. The number of fused-ring (bicyclic) bond motifs is 1. The molecule has 1 N–H and O–H groups in total. The van der Waals surface area contributed by atoms with E-state index in [-0.39, 0.29) is 24.3 Å². The van der Waals surface area contributed by atoms with E-state index in [1.165, 1.54) is 7.11 Å². The maximum atomic E-state index is 12.3. The van der Waals surface area contributed by atoms with Gasteiger partial charge in [-0.2, -0.15) is 0 Å². The topological polar surface area (TPSA) is 58.6 Å². The van der Waals surface area contributed by atoms with Crippen LogP contribution < -0.4 is 10.2 Å². The molecule has 0 radical (unpaired) electrons. The van der Waals surface area contributed by atoms with Gasteiger partial charge in [-0.1, -0.05) is 48.5 Å². The predicted octanol–water partition coefficient (Wildman–Crippen LogP) is 2.08. The zero-order valence-corrected chi connectivity index (χ0v) is 13.6. The largest absolute Gasteiger partial charge is 0.468 e. The lowest BCUT2D eigenvalue weighted by atomic mass is 10.0. The summed E-state index contributed by atoms with van der Waals surface area (Å²) >= 11 is 0. The van der Waals surface area contributed by atoms with Gasteiger partial charge in [0.05, 0.1) is 13.7 Å². The van der Waals surface area contributed by atoms with E-state index in [0.717, 1.165) is 16.8 Å². The molecule has 0 fully saturated rings. The number of methoxy groups -OCH3 is 1. The molecule has 1 atom stereocenters. The SMILES string of the molecule is COC(=O)[C@H]1CN(CC(=O)NCc2ccccc2)c2ccccc21. The maximum absolute atomic E-state index is 12.3. The number of esters is 1. The lowest BCUT2D eigenvalue weighted by Crippen LogP contribution is -2.37. The molecule has 1 amide bonds. The Balaban J connectivity index is 1.65. The standard InChI is InChI=1S/C19H20N2O3/c1-24-19(23)16-12-21(17-10-6-5-9-15(16)17)13-18(22)20-11-14-7-3-2-4-8-14/h2-10,16H,11-13H2,1H3,(H,20,22)/t16-/m0/s1. The third-order valence-corrected chi connectivity index (χ3v) is 4.21. The zero-order valence-electron chi connectivity index (χ0n) is 13.6. The van der Waals surface area contributed by atoms with Gasteiger partial charge in [0.25, 0.3) is 0 Å². The summed E-state index contributed by atoms with van der Waals surface area (Å²) in [6.07, 6.45) is 0. The summed E-state index contributed by atoms with van der Waals surface area (Å²) in [4.78, 5) is 26.2. The number of nitrogens with one attached hydrogen (secondary N) is 1. The first-order valence-electron chi connectivity index (χ1n) is 7.91. The van der Waals surface area contributed by atoms with Gasteiger partial charge in [-0.25, -0.2) is 0 Å². The average Bonchev–Trinajstić information content (AvgIpc) is 2.99. The van der Waals surface area contributed by atoms with Crippen molar-refractivity contribution in [1.82, 2.24) is 5.32 Å². The number of benzene rings is 2. The fraction of sp³-hybridized carbons (Fsp3) is 0.263. The summed E-state index contributed by atoms with van der Waals surface area (Å²) in [7, 11) is 1.39. The van der Waals surface area contributed by atoms with Crippen molar-refractivity contribution < 1.29 is 14.3 Å². The van der Waals surface area contributed by atoms with E-state index in [1.54, 1.807) is 0 Å². The van der Waals surface area contributed by atoms with Gasteiger partial charge in [0.2, 0.25) is 5.91 Å². The zero-order chi connectivity index (χ0) is 16.9. The van der Waals surface area contributed by atoms with E-state index in [1.807, 2.05) is 59.5 Å². The van der Waals surface area contributed by atoms with E-state index >= 15 is 0 Å². The van der Waals surface area contributed by atoms with Crippen LogP contribution in [0.3, 0.4) is 0 Å². The van der Waals surface area contributed by atoms with Gasteiger partial charge < -0.3 is 15.0 Å². The quantitative estimate of drug-likeness (QED) is 0.856. The smallest absolute Gasteiger partial charge is 0.315 e. The van der Waals surface area contributed by atoms with E-state index in [4.69, 9.17) is 4.74 Å². The molecule has 0 unspecified atom stereocenters. The molecular weight excluding hydrogens is 304 g/mol. The Kier molecular flexibility index (Phi) is 4.79. The molecule has 2 aromatic carbocycles. The summed E-state index contributed by atoms with van der Waals surface area (Å²) in [5.74, 6) is -0.679. The number of amides is 1. The number of nitrogens with zero attached hydrogens (tertiary/aromatic N) is 1. The number of ether oxygens (including phenoxy) is 1. The monoisotopic (exact) mass is 324 g/mol. The molecule has 3 rings (SSSR count). The average molecular weight is 324 g/mol. The fourth-order valence-corrected chi connectivity index (χ4v) is 3.01. The number of carbonyl (C=O) groups is 2. The molecule has 0 spiro atoms. The van der Waals surface area contributed by atoms with Gasteiger partial charge in [-0.05, 0) is 17.2 Å². The van der Waals surface area contributed by atoms with Crippen molar-refractivity contribution in [2.24, 2.45) is 0 Å². The second kappa shape index (κ2) is 7.17. The molecule has 1 heterocycles. The Morgan fingerprint density at radius 1 is 1.12 bits per heavy atom. The van der Waals surface area contributed by atoms with E-state index < -0.39 is 0 Å². The van der Waals surface area contributed by atoms with Crippen molar-refractivity contribution in [2.45, 2.75) is 12.5 Å². The third-order valence-electron chi connectivity index (χ3n) is 4.21. The molecule has 1 aliphatic heterocycles. The van der Waals surface area contributed by atoms with Crippen LogP contribution in [0.1, 0.15) is 17.0 Å². The Hall–Kier alpha value is -2.82. The first-order valence-corrected chi connectivity index (χ1v) is 7.91. The molecule has 0 bridgehead atoms. The van der Waals surface area contributed by atoms with Crippen LogP contribution in [-0.4, -0.2) is 32.1 Å². The van der Waals surface area contributed by atoms with Crippen molar-refractivity contribution in [3.63, 3.8) is 0 Å². The summed E-state index contributed by atoms with van der Waals surface area (Å²) in [5.41, 5.74) is 2.89. The van der Waals surface area contributed by atoms with Crippen LogP contribution in [0, 0.1) is 0 Å². The highest BCUT2D eigenvalue weighted by atomic mass is 16.5. The predicted molar refractivity (Wildman–Crippen MR) is 91.7 cm³/mol. The van der Waals surface area contributed by atoms with Crippen molar-refractivity contribution in [1.29, 1.82) is 0 Å². The minimum Gasteiger partial charge on any atom is -0.468 e. The Morgan fingerprint density at radius 2 is 1.83 bits per heavy atom. The molecule has 24 heavy (non-hydrogen) atoms. The fourth-order valence-electron chi connectivity index (χ4n) is 3.01. The van der Waals surface area contributed by atoms with Crippen LogP contribution in [0.15, 0.2) is 54.6 Å². The van der Waals surface area contributed by atoms with E-state index in [2.05, 4.69) is 5.32 Å². The summed E-state index contributed by atoms with van der Waals surface area (Å²) in [5, 5.41) is 2.92. The Bertz CT molecular complexity index is 730. The van der Waals surface area contributed by atoms with Crippen molar-refractivity contribution >= 4 is 17.6 Å². The van der Waals surface area contributed by atoms with Crippen LogP contribution in [0.2, 0.25) is 0 Å². The van der Waals surface area contributed by atoms with Gasteiger partial charge in [0, 0.05) is 18.8 Å². The molecule has 5 heteroatoms. The number of rotatable bonds is 5. The highest BCUT2D eigenvalue weighted by molar-refractivity contribution is 5.87. The molecule has 2 aromatic rings. The molecule has 0 aromatic heterocycles. The number of hydrogen-bond acceptors (Lipinski definition) is 4. The maximum Gasteiger partial charge on any atom is 0.315 e. The van der Waals surface area contributed by atoms with Crippen LogP contribution in [0.25, 0.3) is 0 Å². The highest BCUT2D eigenvalue weighted by Gasteiger charge is 2.34. The minimum atomic E-state index is -0.340. The lowest BCUT2D eigenvalue weighted by molar-refractivity contribution is -0.142. The minimum absolute atomic E-state index is 0.0702. The normalized spacial score (nSPS) is 15.7. The van der Waals surface area contributed by atoms with Gasteiger partial charge in [-0.3, -0.25) is 9.59 Å². The van der Waals surface area contributed by atoms with Crippen LogP contribution >= 0.6 is 0 Å². The van der Waals surface area contributed by atoms with Crippen molar-refractivity contribution in [2.75, 3.05) is 25.1 Å². The summed E-state index contributed by atoms with van der Waals surface area (Å²) in [6.45, 7) is 1.18. The first-order chi connectivity index (χ1) is 11.7. The Morgan fingerprint density at radius 3 is 2.58 bits per heavy atom. The van der Waals surface area contributed by atoms with Crippen molar-refractivity contribution in [3.05, 3.63) is 65.7 Å². The van der Waals surface area contributed by atoms with Crippen LogP contribution in [-0.2, 0) is 20.9 Å². The summed E-state index contributed by atoms with van der Waals surface area (Å²) in [6, 6.07) is 17.4. The molecule has 0 saturated carbocycles. The number of anilines is 1. The second-order valence-electron chi connectivity index (χ2n) is 5.78. The molecule has 124 valence electrons. The Labute approximate surface area is 141 Å². The first kappa shape index (κ1) is 16.1. The van der Waals surface area contributed by atoms with Gasteiger partial charge >= 0.3 is 5.97 Å². The third kappa shape index (κ3) is 3.40. The lowest BCUT2D eigenvalue weighted by Gasteiger charge is -2.19.